The van der Waals surface area contributed by atoms with Gasteiger partial charge in [0.05, 0.1) is 37.4 Å². The lowest BCUT2D eigenvalue weighted by atomic mass is 9.50. The van der Waals surface area contributed by atoms with E-state index < -0.39 is 78.5 Å². The van der Waals surface area contributed by atoms with Gasteiger partial charge in [0.1, 0.15) is 5.76 Å². The molecule has 5 rings (SSSR count). The van der Waals surface area contributed by atoms with Gasteiger partial charge in [-0.05, 0) is 44.1 Å². The van der Waals surface area contributed by atoms with Crippen molar-refractivity contribution in [2.45, 2.75) is 74.0 Å². The number of carboxylic acids is 1. The van der Waals surface area contributed by atoms with Gasteiger partial charge in [0, 0.05) is 18.0 Å². The molecule has 0 amide bonds. The van der Waals surface area contributed by atoms with Crippen LogP contribution in [0.2, 0.25) is 0 Å². The average Bonchev–Trinajstić information content (AvgIpc) is 3.30. The van der Waals surface area contributed by atoms with E-state index in [1.807, 2.05) is 18.0 Å². The van der Waals surface area contributed by atoms with Crippen LogP contribution in [0.4, 0.5) is 13.2 Å². The fraction of sp³-hybridized carbons (Fsp3) is 0.536. The lowest BCUT2D eigenvalue weighted by Crippen LogP contribution is -2.74. The smallest absolute Gasteiger partial charge is 0.491 e. The Morgan fingerprint density at radius 2 is 1.89 bits per heavy atom. The molecule has 5 atom stereocenters. The largest absolute Gasteiger partial charge is 0.493 e. The SMILES string of the molecule is COc1ccc2c3c1O[C@H]1C(OC(=O)[C@H](CC(=O)OC(=O)C(F)(F)F)OC(=O)CCC(=O)O)=CC[C@@]4(O)[C@@H](C2)N(C)CC[C@]314. The van der Waals surface area contributed by atoms with E-state index in [-0.39, 0.29) is 18.2 Å². The first-order valence-corrected chi connectivity index (χ1v) is 13.6. The molecule has 44 heavy (non-hydrogen) atoms. The van der Waals surface area contributed by atoms with Crippen molar-refractivity contribution in [1.82, 2.24) is 4.90 Å². The van der Waals surface area contributed by atoms with Crippen molar-refractivity contribution in [1.29, 1.82) is 0 Å². The summed E-state index contributed by atoms with van der Waals surface area (Å²) in [6.45, 7) is 0.549. The van der Waals surface area contributed by atoms with E-state index in [4.69, 9.17) is 24.1 Å². The van der Waals surface area contributed by atoms with E-state index in [2.05, 4.69) is 4.74 Å². The number of carbonyl (C=O) groups is 5. The first kappa shape index (κ1) is 31.3. The number of likely N-dealkylation sites (N-methyl/N-ethyl adjacent to an activating group) is 1. The topological polar surface area (TPSA) is 175 Å². The highest BCUT2D eigenvalue weighted by Gasteiger charge is 2.72. The summed E-state index contributed by atoms with van der Waals surface area (Å²) in [5.74, 6) is -8.17. The monoisotopic (exact) mass is 627 g/mol. The second-order valence-corrected chi connectivity index (χ2v) is 11.0. The summed E-state index contributed by atoms with van der Waals surface area (Å²) in [5, 5.41) is 21.1. The van der Waals surface area contributed by atoms with E-state index in [1.165, 1.54) is 13.2 Å². The van der Waals surface area contributed by atoms with Gasteiger partial charge in [-0.15, -0.1) is 0 Å². The minimum absolute atomic E-state index is 0.00572. The Bertz CT molecular complexity index is 1460. The van der Waals surface area contributed by atoms with Crippen LogP contribution in [0.1, 0.15) is 43.2 Å². The number of aliphatic hydroxyl groups is 1. The Hall–Kier alpha value is -4.18. The minimum atomic E-state index is -5.52. The van der Waals surface area contributed by atoms with Gasteiger partial charge in [-0.1, -0.05) is 6.07 Å². The molecular weight excluding hydrogens is 599 g/mol. The molecule has 0 radical (unpaired) electrons. The van der Waals surface area contributed by atoms with Crippen molar-refractivity contribution in [2.75, 3.05) is 20.7 Å². The van der Waals surface area contributed by atoms with Gasteiger partial charge < -0.3 is 38.8 Å². The highest BCUT2D eigenvalue weighted by Crippen LogP contribution is 2.65. The number of hydrogen-bond donors (Lipinski definition) is 2. The maximum Gasteiger partial charge on any atom is 0.491 e. The van der Waals surface area contributed by atoms with Crippen LogP contribution >= 0.6 is 0 Å². The molecule has 1 aromatic rings. The Labute approximate surface area is 247 Å². The van der Waals surface area contributed by atoms with Crippen LogP contribution in [0.25, 0.3) is 0 Å². The summed E-state index contributed by atoms with van der Waals surface area (Å²) >= 11 is 0. The molecule has 2 aliphatic heterocycles. The van der Waals surface area contributed by atoms with Gasteiger partial charge in [0.15, 0.2) is 17.6 Å². The van der Waals surface area contributed by atoms with Crippen LogP contribution in [0, 0.1) is 0 Å². The van der Waals surface area contributed by atoms with Gasteiger partial charge in [-0.25, -0.2) is 9.59 Å². The van der Waals surface area contributed by atoms with Crippen molar-refractivity contribution >= 4 is 29.8 Å². The molecule has 2 N–H and O–H groups in total. The summed E-state index contributed by atoms with van der Waals surface area (Å²) in [7, 11) is 3.33. The van der Waals surface area contributed by atoms with Crippen molar-refractivity contribution in [3.05, 3.63) is 35.1 Å². The normalized spacial score (nSPS) is 27.2. The zero-order valence-electron chi connectivity index (χ0n) is 23.5. The van der Waals surface area contributed by atoms with E-state index in [1.54, 1.807) is 6.07 Å². The summed E-state index contributed by atoms with van der Waals surface area (Å²) in [6, 6.07) is 3.27. The second-order valence-electron chi connectivity index (χ2n) is 11.0. The van der Waals surface area contributed by atoms with Crippen molar-refractivity contribution in [2.24, 2.45) is 0 Å². The number of carbonyl (C=O) groups excluding carboxylic acids is 4. The van der Waals surface area contributed by atoms with Crippen LogP contribution in [-0.2, 0) is 50.0 Å². The molecule has 1 saturated heterocycles. The van der Waals surface area contributed by atoms with Crippen molar-refractivity contribution < 1.29 is 71.0 Å². The Balaban J connectivity index is 1.45. The van der Waals surface area contributed by atoms with Crippen LogP contribution < -0.4 is 9.47 Å². The molecule has 2 bridgehead atoms. The number of esters is 4. The van der Waals surface area contributed by atoms with E-state index in [9.17, 15) is 42.3 Å². The molecule has 1 fully saturated rings. The Morgan fingerprint density at radius 3 is 2.55 bits per heavy atom. The third-order valence-electron chi connectivity index (χ3n) is 8.65. The van der Waals surface area contributed by atoms with Gasteiger partial charge in [-0.3, -0.25) is 14.4 Å². The highest BCUT2D eigenvalue weighted by molar-refractivity contribution is 5.92. The molecule has 0 aromatic heterocycles. The number of hydrogen-bond acceptors (Lipinski definition) is 12. The maximum absolute atomic E-state index is 13.3. The summed E-state index contributed by atoms with van der Waals surface area (Å²) in [4.78, 5) is 61.7. The fourth-order valence-corrected chi connectivity index (χ4v) is 6.72. The maximum atomic E-state index is 13.3. The number of methoxy groups -OCH3 is 1. The molecule has 1 spiro atoms. The van der Waals surface area contributed by atoms with Gasteiger partial charge in [0.2, 0.25) is 6.10 Å². The molecule has 238 valence electrons. The predicted octanol–water partition coefficient (Wildman–Crippen LogP) is 1.31. The number of halogens is 3. The minimum Gasteiger partial charge on any atom is -0.493 e. The zero-order chi connectivity index (χ0) is 32.2. The van der Waals surface area contributed by atoms with Gasteiger partial charge >= 0.3 is 36.0 Å². The first-order valence-electron chi connectivity index (χ1n) is 13.6. The van der Waals surface area contributed by atoms with Gasteiger partial charge in [0.25, 0.3) is 0 Å². The number of piperidine rings is 1. The van der Waals surface area contributed by atoms with Gasteiger partial charge in [-0.2, -0.15) is 13.2 Å². The molecule has 0 saturated carbocycles. The number of carboxylic acid groups (broad SMARTS) is 1. The molecule has 16 heteroatoms. The summed E-state index contributed by atoms with van der Waals surface area (Å²) < 4.78 is 63.8. The number of aliphatic carboxylic acids is 1. The predicted molar refractivity (Wildman–Crippen MR) is 136 cm³/mol. The summed E-state index contributed by atoms with van der Waals surface area (Å²) in [5.41, 5.74) is -0.853. The quantitative estimate of drug-likeness (QED) is 0.228. The number of likely N-dealkylation sites (tertiary alicyclic amines) is 1. The fourth-order valence-electron chi connectivity index (χ4n) is 6.72. The number of rotatable bonds is 9. The highest BCUT2D eigenvalue weighted by atomic mass is 19.4. The lowest BCUT2D eigenvalue weighted by Gasteiger charge is -2.61. The zero-order valence-corrected chi connectivity index (χ0v) is 23.5. The molecule has 2 heterocycles. The number of benzene rings is 1. The molecule has 4 aliphatic rings. The van der Waals surface area contributed by atoms with E-state index >= 15 is 0 Å². The molecular formula is C28H28F3NO12. The summed E-state index contributed by atoms with van der Waals surface area (Å²) in [6.07, 6.45) is -9.31. The van der Waals surface area contributed by atoms with Crippen LogP contribution in [0.3, 0.4) is 0 Å². The third kappa shape index (κ3) is 5.04. The Kier molecular flexibility index (Phi) is 7.86. The number of nitrogens with zero attached hydrogens (tertiary/aromatic N) is 1. The van der Waals surface area contributed by atoms with Crippen molar-refractivity contribution in [3.8, 4) is 11.5 Å². The van der Waals surface area contributed by atoms with Crippen LogP contribution in [0.15, 0.2) is 24.0 Å². The first-order chi connectivity index (χ1) is 20.6. The van der Waals surface area contributed by atoms with E-state index in [0.29, 0.717) is 36.4 Å². The lowest BCUT2D eigenvalue weighted by molar-refractivity contribution is -0.203. The van der Waals surface area contributed by atoms with Crippen LogP contribution in [-0.4, -0.2) is 95.7 Å². The van der Waals surface area contributed by atoms with E-state index in [0.717, 1.165) is 5.56 Å². The Morgan fingerprint density at radius 1 is 1.16 bits per heavy atom. The molecule has 0 unspecified atom stereocenters. The number of ether oxygens (including phenoxy) is 5. The third-order valence-corrected chi connectivity index (χ3v) is 8.65. The molecule has 2 aliphatic carbocycles. The molecule has 1 aromatic carbocycles. The van der Waals surface area contributed by atoms with Crippen LogP contribution in [0.5, 0.6) is 11.5 Å². The molecule has 13 nitrogen and oxygen atoms in total. The number of alkyl halides is 3. The van der Waals surface area contributed by atoms with Crippen molar-refractivity contribution in [3.63, 3.8) is 0 Å². The second kappa shape index (κ2) is 11.1. The standard InChI is InChI=1S/C28H28F3NO12/c1-32-10-9-26-21-13-3-4-14(40-2)22(21)44-23(26)15(7-8-27(26,39)17(32)11-13)42-24(37)16(41-19(35)6-5-18(33)34)12-20(36)43-25(38)28(29,30)31/h3-4,7,16-17,23,39H,5-6,8-12H2,1-2H3,(H,33,34)/t16-,17+,23-,26-,27+/m0/s1. The average molecular weight is 628 g/mol.